The van der Waals surface area contributed by atoms with E-state index in [0.29, 0.717) is 25.5 Å². The lowest BCUT2D eigenvalue weighted by atomic mass is 10.1. The zero-order valence-corrected chi connectivity index (χ0v) is 13.4. The molecule has 2 atom stereocenters. The van der Waals surface area contributed by atoms with Gasteiger partial charge in [-0.2, -0.15) is 0 Å². The van der Waals surface area contributed by atoms with E-state index in [0.717, 1.165) is 49.7 Å². The fourth-order valence-electron chi connectivity index (χ4n) is 3.10. The molecule has 2 aliphatic heterocycles. The summed E-state index contributed by atoms with van der Waals surface area (Å²) in [5, 5.41) is 0. The van der Waals surface area contributed by atoms with Crippen LogP contribution in [0.5, 0.6) is 11.5 Å². The van der Waals surface area contributed by atoms with Crippen LogP contribution in [0.2, 0.25) is 0 Å². The van der Waals surface area contributed by atoms with E-state index in [9.17, 15) is 0 Å². The number of fused-ring (bicyclic) bond motifs is 1. The molecule has 0 aromatic heterocycles. The molecule has 0 amide bonds. The van der Waals surface area contributed by atoms with Gasteiger partial charge < -0.3 is 23.8 Å². The van der Waals surface area contributed by atoms with E-state index in [1.165, 1.54) is 0 Å². The highest BCUT2D eigenvalue weighted by molar-refractivity contribution is 5.44. The average molecular weight is 307 g/mol. The van der Waals surface area contributed by atoms with Gasteiger partial charge in [0.25, 0.3) is 0 Å². The van der Waals surface area contributed by atoms with Gasteiger partial charge in [-0.3, -0.25) is 0 Å². The summed E-state index contributed by atoms with van der Waals surface area (Å²) in [6, 6.07) is 6.56. The Balaban J connectivity index is 1.46. The van der Waals surface area contributed by atoms with Gasteiger partial charge >= 0.3 is 0 Å². The van der Waals surface area contributed by atoms with Crippen molar-refractivity contribution in [2.24, 2.45) is 0 Å². The number of ether oxygens (including phenoxy) is 4. The molecular formula is C17H25NO4. The number of likely N-dealkylation sites (tertiary alicyclic amines) is 1. The molecule has 0 aliphatic carbocycles. The highest BCUT2D eigenvalue weighted by Crippen LogP contribution is 2.33. The predicted molar refractivity (Wildman–Crippen MR) is 83.3 cm³/mol. The van der Waals surface area contributed by atoms with Crippen molar-refractivity contribution >= 4 is 0 Å². The highest BCUT2D eigenvalue weighted by atomic mass is 16.7. The fraction of sp³-hybridized carbons (Fsp3) is 0.647. The topological polar surface area (TPSA) is 40.2 Å². The highest BCUT2D eigenvalue weighted by Gasteiger charge is 2.29. The number of rotatable bonds is 7. The molecule has 3 rings (SSSR count). The molecule has 2 heterocycles. The van der Waals surface area contributed by atoms with Gasteiger partial charge in [-0.05, 0) is 44.5 Å². The molecule has 0 saturated carbocycles. The molecule has 0 radical (unpaired) electrons. The first-order valence-corrected chi connectivity index (χ1v) is 8.04. The van der Waals surface area contributed by atoms with E-state index in [4.69, 9.17) is 18.9 Å². The number of likely N-dealkylation sites (N-methyl/N-ethyl adjacent to an activating group) is 1. The number of benzene rings is 1. The first-order chi connectivity index (χ1) is 10.8. The maximum atomic E-state index is 6.08. The van der Waals surface area contributed by atoms with Gasteiger partial charge in [0.05, 0.1) is 12.7 Å². The van der Waals surface area contributed by atoms with Crippen LogP contribution in [0, 0.1) is 0 Å². The van der Waals surface area contributed by atoms with Crippen LogP contribution in [0.4, 0.5) is 0 Å². The fourth-order valence-corrected chi connectivity index (χ4v) is 3.10. The van der Waals surface area contributed by atoms with E-state index < -0.39 is 0 Å². The third kappa shape index (κ3) is 3.72. The third-order valence-corrected chi connectivity index (χ3v) is 4.37. The van der Waals surface area contributed by atoms with Crippen LogP contribution in [0.1, 0.15) is 25.3 Å². The smallest absolute Gasteiger partial charge is 0.231 e. The Kier molecular flexibility index (Phi) is 5.18. The SMILES string of the molecule is CCOCC[C@H]1C[C@@H](OCc2ccc3c(c2)OCO3)CN1C. The lowest BCUT2D eigenvalue weighted by molar-refractivity contribution is 0.0478. The maximum Gasteiger partial charge on any atom is 0.231 e. The zero-order chi connectivity index (χ0) is 15.4. The van der Waals surface area contributed by atoms with Gasteiger partial charge in [-0.25, -0.2) is 0 Å². The minimum Gasteiger partial charge on any atom is -0.454 e. The zero-order valence-electron chi connectivity index (χ0n) is 13.4. The number of hydrogen-bond acceptors (Lipinski definition) is 5. The van der Waals surface area contributed by atoms with Gasteiger partial charge in [0.1, 0.15) is 0 Å². The monoisotopic (exact) mass is 307 g/mol. The van der Waals surface area contributed by atoms with Crippen molar-refractivity contribution in [2.75, 3.05) is 33.6 Å². The molecule has 0 unspecified atom stereocenters. The van der Waals surface area contributed by atoms with E-state index in [2.05, 4.69) is 11.9 Å². The van der Waals surface area contributed by atoms with Crippen molar-refractivity contribution in [2.45, 2.75) is 38.5 Å². The van der Waals surface area contributed by atoms with E-state index in [-0.39, 0.29) is 0 Å². The molecule has 22 heavy (non-hydrogen) atoms. The quantitative estimate of drug-likeness (QED) is 0.724. The number of hydrogen-bond donors (Lipinski definition) is 0. The molecule has 0 spiro atoms. The summed E-state index contributed by atoms with van der Waals surface area (Å²) in [6.45, 7) is 5.58. The van der Waals surface area contributed by atoms with E-state index in [1.54, 1.807) is 0 Å². The van der Waals surface area contributed by atoms with Crippen molar-refractivity contribution in [3.63, 3.8) is 0 Å². The Hall–Kier alpha value is -1.30. The third-order valence-electron chi connectivity index (χ3n) is 4.37. The summed E-state index contributed by atoms with van der Waals surface area (Å²) in [5.41, 5.74) is 1.13. The number of nitrogens with zero attached hydrogens (tertiary/aromatic N) is 1. The molecule has 1 saturated heterocycles. The molecule has 122 valence electrons. The van der Waals surface area contributed by atoms with Crippen LogP contribution >= 0.6 is 0 Å². The van der Waals surface area contributed by atoms with Gasteiger partial charge in [0, 0.05) is 25.8 Å². The molecule has 1 aromatic rings. The van der Waals surface area contributed by atoms with Crippen LogP contribution in [0.15, 0.2) is 18.2 Å². The van der Waals surface area contributed by atoms with E-state index in [1.807, 2.05) is 25.1 Å². The van der Waals surface area contributed by atoms with E-state index >= 15 is 0 Å². The van der Waals surface area contributed by atoms with Crippen molar-refractivity contribution in [3.05, 3.63) is 23.8 Å². The summed E-state index contributed by atoms with van der Waals surface area (Å²) in [6.07, 6.45) is 2.45. The Labute approximate surface area is 132 Å². The second-order valence-electron chi connectivity index (χ2n) is 5.94. The average Bonchev–Trinajstić information content (AvgIpc) is 3.12. The van der Waals surface area contributed by atoms with Crippen LogP contribution in [0.25, 0.3) is 0 Å². The first kappa shape index (κ1) is 15.6. The van der Waals surface area contributed by atoms with Gasteiger partial charge in [0.2, 0.25) is 6.79 Å². The van der Waals surface area contributed by atoms with Crippen LogP contribution in [-0.2, 0) is 16.1 Å². The first-order valence-electron chi connectivity index (χ1n) is 8.04. The standard InChI is InChI=1S/C17H25NO4/c1-3-19-7-6-14-9-15(10-18(14)2)20-11-13-4-5-16-17(8-13)22-12-21-16/h4-5,8,14-15H,3,6-7,9-12H2,1-2H3/t14-,15+/m0/s1. The second-order valence-corrected chi connectivity index (χ2v) is 5.94. The Bertz CT molecular complexity index is 494. The van der Waals surface area contributed by atoms with Crippen LogP contribution in [0.3, 0.4) is 0 Å². The van der Waals surface area contributed by atoms with Crippen molar-refractivity contribution in [1.29, 1.82) is 0 Å². The molecule has 2 aliphatic rings. The largest absolute Gasteiger partial charge is 0.454 e. The summed E-state index contributed by atoms with van der Waals surface area (Å²) in [7, 11) is 2.17. The maximum absolute atomic E-state index is 6.08. The Morgan fingerprint density at radius 3 is 3.00 bits per heavy atom. The normalized spacial score (nSPS) is 24.1. The van der Waals surface area contributed by atoms with Gasteiger partial charge in [0.15, 0.2) is 11.5 Å². The summed E-state index contributed by atoms with van der Waals surface area (Å²) >= 11 is 0. The molecule has 5 heteroatoms. The minimum atomic E-state index is 0.294. The van der Waals surface area contributed by atoms with Crippen molar-refractivity contribution in [3.8, 4) is 11.5 Å². The Morgan fingerprint density at radius 1 is 1.27 bits per heavy atom. The second kappa shape index (κ2) is 7.31. The summed E-state index contributed by atoms with van der Waals surface area (Å²) in [5.74, 6) is 1.64. The summed E-state index contributed by atoms with van der Waals surface area (Å²) in [4.78, 5) is 2.38. The predicted octanol–water partition coefficient (Wildman–Crippen LogP) is 2.43. The minimum absolute atomic E-state index is 0.294. The molecule has 0 N–H and O–H groups in total. The van der Waals surface area contributed by atoms with Crippen LogP contribution in [-0.4, -0.2) is 50.6 Å². The van der Waals surface area contributed by atoms with Crippen molar-refractivity contribution in [1.82, 2.24) is 4.90 Å². The lowest BCUT2D eigenvalue weighted by Gasteiger charge is -2.18. The van der Waals surface area contributed by atoms with Gasteiger partial charge in [-0.15, -0.1) is 0 Å². The molecule has 1 aromatic carbocycles. The molecule has 1 fully saturated rings. The van der Waals surface area contributed by atoms with Gasteiger partial charge in [-0.1, -0.05) is 6.07 Å². The molecule has 5 nitrogen and oxygen atoms in total. The lowest BCUT2D eigenvalue weighted by Crippen LogP contribution is -2.26. The molecular weight excluding hydrogens is 282 g/mol. The van der Waals surface area contributed by atoms with Crippen molar-refractivity contribution < 1.29 is 18.9 Å². The Morgan fingerprint density at radius 2 is 2.14 bits per heavy atom. The molecule has 0 bridgehead atoms. The summed E-state index contributed by atoms with van der Waals surface area (Å²) < 4.78 is 22.3. The van der Waals surface area contributed by atoms with Crippen LogP contribution < -0.4 is 9.47 Å².